The molecule has 10 nitrogen and oxygen atoms in total. The summed E-state index contributed by atoms with van der Waals surface area (Å²) < 4.78 is 30.3. The van der Waals surface area contributed by atoms with E-state index in [9.17, 15) is 18.8 Å². The highest BCUT2D eigenvalue weighted by molar-refractivity contribution is 5.79. The molecule has 0 fully saturated rings. The maximum Gasteiger partial charge on any atom is 0.306 e. The van der Waals surface area contributed by atoms with Crippen LogP contribution in [0.4, 0.5) is 14.6 Å². The lowest BCUT2D eigenvalue weighted by molar-refractivity contribution is -0.120. The van der Waals surface area contributed by atoms with Crippen LogP contribution in [0.15, 0.2) is 67.5 Å². The highest BCUT2D eigenvalue weighted by atomic mass is 19.3. The first-order valence-corrected chi connectivity index (χ1v) is 10.4. The topological polar surface area (TPSA) is 134 Å². The van der Waals surface area contributed by atoms with Gasteiger partial charge in [0.2, 0.25) is 5.91 Å². The number of carbonyl (C=O) groups excluding carboxylic acids is 1. The Morgan fingerprint density at radius 2 is 1.97 bits per heavy atom. The van der Waals surface area contributed by atoms with E-state index < -0.39 is 18.4 Å². The number of pyridine rings is 3. The Bertz CT molecular complexity index is 1340. The SMILES string of the molecule is N#Cc1ccc(NCC(F)(F)c2ccccn2)nc1CC(=O)NCc1cccnc1-n1cncn1. The second-order valence-electron chi connectivity index (χ2n) is 7.36. The van der Waals surface area contributed by atoms with Crippen LogP contribution in [0.1, 0.15) is 22.5 Å². The van der Waals surface area contributed by atoms with E-state index in [1.54, 1.807) is 24.4 Å². The highest BCUT2D eigenvalue weighted by Gasteiger charge is 2.32. The Labute approximate surface area is 198 Å². The standard InChI is InChI=1S/C23H19F2N9O/c24-23(25,19-5-1-2-8-28-19)13-31-20-7-6-16(11-26)18(33-20)10-21(35)30-12-17-4-3-9-29-22(17)34-15-27-14-32-34/h1-9,14-15H,10,12-13H2,(H,30,35)(H,31,33). The predicted molar refractivity (Wildman–Crippen MR) is 120 cm³/mol. The van der Waals surface area contributed by atoms with Crippen molar-refractivity contribution in [3.05, 3.63) is 90.0 Å². The third-order valence-electron chi connectivity index (χ3n) is 4.93. The molecule has 0 saturated heterocycles. The molecule has 0 radical (unpaired) electrons. The molecule has 1 amide bonds. The third-order valence-corrected chi connectivity index (χ3v) is 4.93. The summed E-state index contributed by atoms with van der Waals surface area (Å²) in [6.45, 7) is -0.599. The van der Waals surface area contributed by atoms with Gasteiger partial charge in [-0.15, -0.1) is 0 Å². The maximum absolute atomic E-state index is 14.4. The second-order valence-corrected chi connectivity index (χ2v) is 7.36. The molecule has 4 rings (SSSR count). The van der Waals surface area contributed by atoms with Crippen LogP contribution in [0.5, 0.6) is 0 Å². The largest absolute Gasteiger partial charge is 0.364 e. The number of nitrogens with one attached hydrogen (secondary N) is 2. The smallest absolute Gasteiger partial charge is 0.306 e. The van der Waals surface area contributed by atoms with E-state index >= 15 is 0 Å². The zero-order valence-corrected chi connectivity index (χ0v) is 18.3. The number of nitriles is 1. The Kier molecular flexibility index (Phi) is 6.96. The number of nitrogens with zero attached hydrogens (tertiary/aromatic N) is 7. The van der Waals surface area contributed by atoms with E-state index in [1.165, 1.54) is 47.8 Å². The molecular formula is C23H19F2N9O. The van der Waals surface area contributed by atoms with Crippen molar-refractivity contribution in [1.29, 1.82) is 5.26 Å². The number of alkyl halides is 2. The number of halogens is 2. The van der Waals surface area contributed by atoms with E-state index in [1.807, 2.05) is 6.07 Å². The van der Waals surface area contributed by atoms with Gasteiger partial charge in [0.05, 0.1) is 24.2 Å². The van der Waals surface area contributed by atoms with E-state index in [2.05, 4.69) is 35.7 Å². The van der Waals surface area contributed by atoms with Gasteiger partial charge in [-0.1, -0.05) is 12.1 Å². The molecule has 0 atom stereocenters. The molecule has 0 aliphatic heterocycles. The van der Waals surface area contributed by atoms with Crippen molar-refractivity contribution < 1.29 is 13.6 Å². The van der Waals surface area contributed by atoms with E-state index in [-0.39, 0.29) is 35.7 Å². The minimum Gasteiger partial charge on any atom is -0.364 e. The number of hydrogen-bond donors (Lipinski definition) is 2. The predicted octanol–water partition coefficient (Wildman–Crippen LogP) is 2.39. The maximum atomic E-state index is 14.4. The summed E-state index contributed by atoms with van der Waals surface area (Å²) in [6, 6.07) is 12.6. The fourth-order valence-electron chi connectivity index (χ4n) is 3.21. The summed E-state index contributed by atoms with van der Waals surface area (Å²) in [5.74, 6) is -3.01. The van der Waals surface area contributed by atoms with Crippen LogP contribution in [0.25, 0.3) is 5.82 Å². The fraction of sp³-hybridized carbons (Fsp3) is 0.174. The van der Waals surface area contributed by atoms with Crippen LogP contribution in [0, 0.1) is 11.3 Å². The number of anilines is 1. The van der Waals surface area contributed by atoms with Gasteiger partial charge in [-0.3, -0.25) is 9.78 Å². The summed E-state index contributed by atoms with van der Waals surface area (Å²) >= 11 is 0. The first-order chi connectivity index (χ1) is 17.0. The van der Waals surface area contributed by atoms with Gasteiger partial charge in [-0.25, -0.2) is 19.6 Å². The molecule has 12 heteroatoms. The Morgan fingerprint density at radius 1 is 1.11 bits per heavy atom. The van der Waals surface area contributed by atoms with E-state index in [4.69, 9.17) is 0 Å². The second kappa shape index (κ2) is 10.4. The van der Waals surface area contributed by atoms with Gasteiger partial charge in [-0.2, -0.15) is 19.1 Å². The zero-order valence-electron chi connectivity index (χ0n) is 18.3. The summed E-state index contributed by atoms with van der Waals surface area (Å²) in [5, 5.41) is 18.8. The molecule has 4 heterocycles. The van der Waals surface area contributed by atoms with Crippen molar-refractivity contribution in [1.82, 2.24) is 35.0 Å². The fourth-order valence-corrected chi connectivity index (χ4v) is 3.21. The van der Waals surface area contributed by atoms with Crippen molar-refractivity contribution in [3.63, 3.8) is 0 Å². The lowest BCUT2D eigenvalue weighted by Gasteiger charge is -2.17. The molecule has 35 heavy (non-hydrogen) atoms. The first kappa shape index (κ1) is 23.4. The number of aromatic nitrogens is 6. The van der Waals surface area contributed by atoms with Crippen molar-refractivity contribution in [2.45, 2.75) is 18.9 Å². The van der Waals surface area contributed by atoms with Crippen LogP contribution in [-0.4, -0.2) is 42.2 Å². The molecule has 2 N–H and O–H groups in total. The molecule has 0 unspecified atom stereocenters. The van der Waals surface area contributed by atoms with Gasteiger partial charge < -0.3 is 10.6 Å². The molecule has 176 valence electrons. The Balaban J connectivity index is 1.41. The van der Waals surface area contributed by atoms with Crippen molar-refractivity contribution >= 4 is 11.7 Å². The Hall–Kier alpha value is -4.79. The molecule has 0 aliphatic rings. The number of carbonyl (C=O) groups is 1. The molecule has 0 aliphatic carbocycles. The summed E-state index contributed by atoms with van der Waals surface area (Å²) in [7, 11) is 0. The van der Waals surface area contributed by atoms with Crippen molar-refractivity contribution in [3.8, 4) is 11.9 Å². The lowest BCUT2D eigenvalue weighted by Crippen LogP contribution is -2.27. The van der Waals surface area contributed by atoms with Crippen molar-refractivity contribution in [2.75, 3.05) is 11.9 Å². The zero-order chi connectivity index (χ0) is 24.7. The minimum atomic E-state index is -3.24. The minimum absolute atomic E-state index is 0.114. The van der Waals surface area contributed by atoms with E-state index in [0.717, 1.165) is 0 Å². The molecular weight excluding hydrogens is 456 g/mol. The van der Waals surface area contributed by atoms with Gasteiger partial charge in [0.1, 0.15) is 30.2 Å². The third kappa shape index (κ3) is 5.77. The van der Waals surface area contributed by atoms with Crippen LogP contribution in [0.3, 0.4) is 0 Å². The molecule has 0 aromatic carbocycles. The normalized spacial score (nSPS) is 11.0. The number of rotatable bonds is 9. The van der Waals surface area contributed by atoms with E-state index in [0.29, 0.717) is 11.4 Å². The van der Waals surface area contributed by atoms with Gasteiger partial charge in [0, 0.05) is 24.5 Å². The van der Waals surface area contributed by atoms with Crippen LogP contribution >= 0.6 is 0 Å². The van der Waals surface area contributed by atoms with Gasteiger partial charge in [-0.05, 0) is 30.3 Å². The molecule has 0 bridgehead atoms. The van der Waals surface area contributed by atoms with Gasteiger partial charge in [0.15, 0.2) is 5.82 Å². The summed E-state index contributed by atoms with van der Waals surface area (Å²) in [5.41, 5.74) is 0.666. The molecule has 4 aromatic rings. The number of hydrogen-bond acceptors (Lipinski definition) is 8. The Morgan fingerprint density at radius 3 is 2.71 bits per heavy atom. The monoisotopic (exact) mass is 475 g/mol. The quantitative estimate of drug-likeness (QED) is 0.377. The average Bonchev–Trinajstić information content (AvgIpc) is 3.42. The number of amides is 1. The van der Waals surface area contributed by atoms with Crippen molar-refractivity contribution in [2.24, 2.45) is 0 Å². The lowest BCUT2D eigenvalue weighted by atomic mass is 10.1. The molecule has 4 aromatic heterocycles. The first-order valence-electron chi connectivity index (χ1n) is 10.4. The van der Waals surface area contributed by atoms with Crippen LogP contribution in [0.2, 0.25) is 0 Å². The molecule has 0 spiro atoms. The average molecular weight is 475 g/mol. The van der Waals surface area contributed by atoms with Gasteiger partial charge >= 0.3 is 5.92 Å². The summed E-state index contributed by atoms with van der Waals surface area (Å²) in [6.07, 6.45) is 5.54. The van der Waals surface area contributed by atoms with Crippen LogP contribution in [-0.2, 0) is 23.7 Å². The summed E-state index contributed by atoms with van der Waals surface area (Å²) in [4.78, 5) is 28.7. The molecule has 0 saturated carbocycles. The van der Waals surface area contributed by atoms with Gasteiger partial charge in [0.25, 0.3) is 0 Å². The highest BCUT2D eigenvalue weighted by Crippen LogP contribution is 2.26. The van der Waals surface area contributed by atoms with Crippen LogP contribution < -0.4 is 10.6 Å².